The summed E-state index contributed by atoms with van der Waals surface area (Å²) >= 11 is 0. The Morgan fingerprint density at radius 3 is 2.37 bits per heavy atom. The first kappa shape index (κ1) is 18.2. The van der Waals surface area contributed by atoms with Crippen LogP contribution in [0.2, 0.25) is 0 Å². The molecule has 1 N–H and O–H groups in total. The minimum atomic E-state index is -0.449. The Hall–Kier alpha value is -3.55. The van der Waals surface area contributed by atoms with Crippen molar-refractivity contribution < 1.29 is 14.4 Å². The van der Waals surface area contributed by atoms with E-state index in [0.717, 1.165) is 5.56 Å². The number of nitrogens with one attached hydrogen (secondary N) is 1. The van der Waals surface area contributed by atoms with Crippen molar-refractivity contribution in [2.75, 3.05) is 19.5 Å². The van der Waals surface area contributed by atoms with Crippen molar-refractivity contribution in [1.29, 1.82) is 0 Å². The van der Waals surface area contributed by atoms with E-state index in [1.54, 1.807) is 44.7 Å². The molecule has 0 amide bonds. The minimum absolute atomic E-state index is 0.00781. The van der Waals surface area contributed by atoms with Crippen LogP contribution in [0.5, 0.6) is 11.5 Å². The molecule has 3 rings (SSSR count). The lowest BCUT2D eigenvalue weighted by atomic mass is 10.0. The number of nitrogens with zero attached hydrogens (tertiary/aromatic N) is 3. The van der Waals surface area contributed by atoms with Crippen LogP contribution in [0, 0.1) is 10.1 Å². The summed E-state index contributed by atoms with van der Waals surface area (Å²) < 4.78 is 12.6. The number of benzene rings is 2. The lowest BCUT2D eigenvalue weighted by Crippen LogP contribution is -2.17. The topological polar surface area (TPSA) is 91.4 Å². The van der Waals surface area contributed by atoms with Gasteiger partial charge in [-0.2, -0.15) is 0 Å². The molecule has 0 bridgehead atoms. The van der Waals surface area contributed by atoms with Gasteiger partial charge >= 0.3 is 0 Å². The van der Waals surface area contributed by atoms with Gasteiger partial charge in [0, 0.05) is 31.6 Å². The summed E-state index contributed by atoms with van der Waals surface area (Å²) in [6.45, 7) is 0. The molecule has 0 aliphatic rings. The van der Waals surface area contributed by atoms with Crippen LogP contribution in [0.15, 0.2) is 54.9 Å². The number of anilines is 1. The minimum Gasteiger partial charge on any atom is -0.497 e. The van der Waals surface area contributed by atoms with Crippen molar-refractivity contribution in [3.63, 3.8) is 0 Å². The number of hydrogen-bond donors (Lipinski definition) is 1. The smallest absolute Gasteiger partial charge is 0.292 e. The number of methoxy groups -OCH3 is 2. The van der Waals surface area contributed by atoms with E-state index in [2.05, 4.69) is 10.3 Å². The second-order valence-electron chi connectivity index (χ2n) is 5.89. The van der Waals surface area contributed by atoms with E-state index < -0.39 is 11.0 Å². The molecule has 0 spiro atoms. The third kappa shape index (κ3) is 3.84. The number of rotatable bonds is 7. The number of nitro benzene ring substituents is 1. The Labute approximate surface area is 156 Å². The fourth-order valence-electron chi connectivity index (χ4n) is 2.86. The van der Waals surface area contributed by atoms with Gasteiger partial charge in [0.25, 0.3) is 5.69 Å². The Kier molecular flexibility index (Phi) is 5.25. The van der Waals surface area contributed by atoms with Gasteiger partial charge in [-0.15, -0.1) is 0 Å². The van der Waals surface area contributed by atoms with E-state index in [-0.39, 0.29) is 5.69 Å². The molecule has 0 saturated heterocycles. The largest absolute Gasteiger partial charge is 0.497 e. The SMILES string of the molecule is COc1cc(OC)cc(C(Nc2ccccc2[N+](=O)[O-])c2nccn2C)c1. The van der Waals surface area contributed by atoms with Gasteiger partial charge in [-0.25, -0.2) is 4.98 Å². The third-order valence-electron chi connectivity index (χ3n) is 4.22. The zero-order chi connectivity index (χ0) is 19.4. The van der Waals surface area contributed by atoms with Gasteiger partial charge in [-0.3, -0.25) is 10.1 Å². The number of imidazole rings is 1. The molecule has 27 heavy (non-hydrogen) atoms. The predicted octanol–water partition coefficient (Wildman–Crippen LogP) is 3.55. The molecule has 8 heteroatoms. The molecule has 1 unspecified atom stereocenters. The predicted molar refractivity (Wildman–Crippen MR) is 101 cm³/mol. The van der Waals surface area contributed by atoms with E-state index in [9.17, 15) is 10.1 Å². The Balaban J connectivity index is 2.12. The normalized spacial score (nSPS) is 11.7. The second-order valence-corrected chi connectivity index (χ2v) is 5.89. The van der Waals surface area contributed by atoms with Crippen LogP contribution in [0.3, 0.4) is 0 Å². The van der Waals surface area contributed by atoms with Gasteiger partial charge in [-0.1, -0.05) is 12.1 Å². The van der Waals surface area contributed by atoms with Crippen LogP contribution in [0.25, 0.3) is 0 Å². The molecule has 0 fully saturated rings. The average molecular weight is 368 g/mol. The van der Waals surface area contributed by atoms with Gasteiger partial charge < -0.3 is 19.4 Å². The number of ether oxygens (including phenoxy) is 2. The number of para-hydroxylation sites is 2. The van der Waals surface area contributed by atoms with Gasteiger partial charge in [0.15, 0.2) is 0 Å². The van der Waals surface area contributed by atoms with Crippen LogP contribution >= 0.6 is 0 Å². The molecule has 0 aliphatic heterocycles. The van der Waals surface area contributed by atoms with Gasteiger partial charge in [0.1, 0.15) is 29.1 Å². The van der Waals surface area contributed by atoms with Gasteiger partial charge in [0.2, 0.25) is 0 Å². The summed E-state index contributed by atoms with van der Waals surface area (Å²) in [6.07, 6.45) is 3.50. The number of hydrogen-bond acceptors (Lipinski definition) is 6. The van der Waals surface area contributed by atoms with Gasteiger partial charge in [0.05, 0.1) is 19.1 Å². The van der Waals surface area contributed by atoms with Crippen molar-refractivity contribution in [3.8, 4) is 11.5 Å². The lowest BCUT2D eigenvalue weighted by molar-refractivity contribution is -0.384. The Bertz CT molecular complexity index is 932. The Morgan fingerprint density at radius 2 is 1.81 bits per heavy atom. The maximum atomic E-state index is 11.4. The third-order valence-corrected chi connectivity index (χ3v) is 4.22. The molecule has 0 saturated carbocycles. The van der Waals surface area contributed by atoms with Crippen molar-refractivity contribution in [3.05, 3.63) is 76.4 Å². The molecule has 0 radical (unpaired) electrons. The summed E-state index contributed by atoms with van der Waals surface area (Å²) in [5.74, 6) is 1.93. The quantitative estimate of drug-likeness (QED) is 0.506. The molecule has 0 aliphatic carbocycles. The molecule has 8 nitrogen and oxygen atoms in total. The number of nitro groups is 1. The molecule has 1 atom stereocenters. The molecule has 3 aromatic rings. The van der Waals surface area contributed by atoms with E-state index in [0.29, 0.717) is 23.0 Å². The lowest BCUT2D eigenvalue weighted by Gasteiger charge is -2.21. The maximum absolute atomic E-state index is 11.4. The van der Waals surface area contributed by atoms with Crippen LogP contribution in [0.4, 0.5) is 11.4 Å². The van der Waals surface area contributed by atoms with Gasteiger partial charge in [-0.05, 0) is 23.8 Å². The summed E-state index contributed by atoms with van der Waals surface area (Å²) in [7, 11) is 5.02. The summed E-state index contributed by atoms with van der Waals surface area (Å²) in [4.78, 5) is 15.4. The highest BCUT2D eigenvalue weighted by atomic mass is 16.6. The van der Waals surface area contributed by atoms with E-state index in [4.69, 9.17) is 9.47 Å². The van der Waals surface area contributed by atoms with Crippen LogP contribution in [-0.2, 0) is 7.05 Å². The van der Waals surface area contributed by atoms with E-state index in [1.807, 2.05) is 29.9 Å². The number of aromatic nitrogens is 2. The van der Waals surface area contributed by atoms with Crippen LogP contribution in [0.1, 0.15) is 17.4 Å². The van der Waals surface area contributed by atoms with Crippen molar-refractivity contribution in [1.82, 2.24) is 9.55 Å². The molecular weight excluding hydrogens is 348 g/mol. The van der Waals surface area contributed by atoms with E-state index in [1.165, 1.54) is 6.07 Å². The maximum Gasteiger partial charge on any atom is 0.292 e. The molecular formula is C19H20N4O4. The summed E-state index contributed by atoms with van der Waals surface area (Å²) in [6, 6.07) is 11.5. The highest BCUT2D eigenvalue weighted by Crippen LogP contribution is 2.34. The fraction of sp³-hybridized carbons (Fsp3) is 0.211. The highest BCUT2D eigenvalue weighted by molar-refractivity contribution is 5.63. The molecule has 1 aromatic heterocycles. The zero-order valence-electron chi connectivity index (χ0n) is 15.2. The zero-order valence-corrected chi connectivity index (χ0v) is 15.2. The number of aryl methyl sites for hydroxylation is 1. The first-order valence-corrected chi connectivity index (χ1v) is 8.23. The van der Waals surface area contributed by atoms with Crippen molar-refractivity contribution >= 4 is 11.4 Å². The first-order chi connectivity index (χ1) is 13.0. The highest BCUT2D eigenvalue weighted by Gasteiger charge is 2.23. The van der Waals surface area contributed by atoms with Crippen molar-refractivity contribution in [2.45, 2.75) is 6.04 Å². The summed E-state index contributed by atoms with van der Waals surface area (Å²) in [5, 5.41) is 14.7. The van der Waals surface area contributed by atoms with Crippen LogP contribution < -0.4 is 14.8 Å². The van der Waals surface area contributed by atoms with Crippen molar-refractivity contribution in [2.24, 2.45) is 7.05 Å². The fourth-order valence-corrected chi connectivity index (χ4v) is 2.86. The average Bonchev–Trinajstić information content (AvgIpc) is 3.11. The van der Waals surface area contributed by atoms with E-state index >= 15 is 0 Å². The molecule has 2 aromatic carbocycles. The monoisotopic (exact) mass is 368 g/mol. The van der Waals surface area contributed by atoms with Crippen LogP contribution in [-0.4, -0.2) is 28.7 Å². The molecule has 140 valence electrons. The molecule has 1 heterocycles. The summed E-state index contributed by atoms with van der Waals surface area (Å²) in [5.41, 5.74) is 1.20. The first-order valence-electron chi connectivity index (χ1n) is 8.23. The standard InChI is InChI=1S/C19H20N4O4/c1-22-9-8-20-19(22)18(13-10-14(26-2)12-15(11-13)27-3)21-16-6-4-5-7-17(16)23(24)25/h4-12,18,21H,1-3H3. The Morgan fingerprint density at radius 1 is 1.15 bits per heavy atom. The second kappa shape index (κ2) is 7.77.